The monoisotopic (exact) mass is 442 g/mol. The van der Waals surface area contributed by atoms with Crippen LogP contribution in [0.3, 0.4) is 0 Å². The lowest BCUT2D eigenvalue weighted by atomic mass is 10.1. The van der Waals surface area contributed by atoms with E-state index in [0.29, 0.717) is 5.56 Å². The highest BCUT2D eigenvalue weighted by Gasteiger charge is 2.29. The maximum atomic E-state index is 13.1. The van der Waals surface area contributed by atoms with Crippen LogP contribution in [0.15, 0.2) is 48.5 Å². The van der Waals surface area contributed by atoms with Gasteiger partial charge in [0, 0.05) is 18.7 Å². The zero-order valence-electron chi connectivity index (χ0n) is 16.2. The quantitative estimate of drug-likeness (QED) is 0.629. The number of hydrogen-bond donors (Lipinski definition) is 2. The van der Waals surface area contributed by atoms with Crippen molar-refractivity contribution in [2.24, 2.45) is 0 Å². The second kappa shape index (κ2) is 7.84. The van der Waals surface area contributed by atoms with E-state index in [-0.39, 0.29) is 47.1 Å². The molecule has 2 heterocycles. The first-order valence-electron chi connectivity index (χ1n) is 9.38. The number of nitrogens with zero attached hydrogens (tertiary/aromatic N) is 3. The van der Waals surface area contributed by atoms with E-state index >= 15 is 0 Å². The largest absolute Gasteiger partial charge is 0.464 e. The van der Waals surface area contributed by atoms with E-state index in [1.165, 1.54) is 17.0 Å². The van der Waals surface area contributed by atoms with Crippen LogP contribution in [-0.2, 0) is 9.84 Å². The second-order valence-corrected chi connectivity index (χ2v) is 9.29. The van der Waals surface area contributed by atoms with Crippen molar-refractivity contribution < 1.29 is 27.9 Å². The number of imidazole rings is 1. The Morgan fingerprint density at radius 3 is 2.29 bits per heavy atom. The summed E-state index contributed by atoms with van der Waals surface area (Å²) in [6.07, 6.45) is -1.42. The molecular formula is C20H18N4O6S. The molecule has 11 heteroatoms. The number of carbonyl (C=O) groups is 3. The number of anilines is 1. The van der Waals surface area contributed by atoms with Crippen LogP contribution in [0.2, 0.25) is 0 Å². The number of benzene rings is 2. The Hall–Kier alpha value is -3.73. The van der Waals surface area contributed by atoms with Gasteiger partial charge in [0.05, 0.1) is 28.1 Å². The first-order valence-corrected chi connectivity index (χ1v) is 11.2. The van der Waals surface area contributed by atoms with E-state index in [1.54, 1.807) is 36.4 Å². The molecule has 3 aromatic rings. The maximum Gasteiger partial charge on any atom is 0.418 e. The predicted molar refractivity (Wildman–Crippen MR) is 112 cm³/mol. The lowest BCUT2D eigenvalue weighted by Crippen LogP contribution is -2.43. The molecule has 2 amide bonds. The Bertz CT molecular complexity index is 1290. The number of amides is 2. The minimum Gasteiger partial charge on any atom is -0.464 e. The molecule has 1 aromatic heterocycles. The van der Waals surface area contributed by atoms with Gasteiger partial charge in [-0.05, 0) is 24.3 Å². The normalized spacial score (nSPS) is 15.5. The van der Waals surface area contributed by atoms with E-state index in [4.69, 9.17) is 0 Å². The number of aromatic nitrogens is 2. The van der Waals surface area contributed by atoms with Crippen molar-refractivity contribution in [3.63, 3.8) is 0 Å². The van der Waals surface area contributed by atoms with E-state index in [9.17, 15) is 27.9 Å². The Balaban J connectivity index is 1.74. The number of para-hydroxylation sites is 1. The average Bonchev–Trinajstić information content (AvgIpc) is 3.12. The van der Waals surface area contributed by atoms with Gasteiger partial charge in [-0.25, -0.2) is 22.8 Å². The summed E-state index contributed by atoms with van der Waals surface area (Å²) < 4.78 is 24.1. The van der Waals surface area contributed by atoms with Crippen LogP contribution in [0.1, 0.15) is 20.7 Å². The fourth-order valence-electron chi connectivity index (χ4n) is 3.42. The fourth-order valence-corrected chi connectivity index (χ4v) is 4.62. The molecule has 0 saturated carbocycles. The molecule has 0 unspecified atom stereocenters. The Morgan fingerprint density at radius 1 is 0.968 bits per heavy atom. The summed E-state index contributed by atoms with van der Waals surface area (Å²) in [6.45, 7) is 0.0483. The molecule has 0 atom stereocenters. The predicted octanol–water partition coefficient (Wildman–Crippen LogP) is 1.69. The van der Waals surface area contributed by atoms with Crippen LogP contribution in [0.4, 0.5) is 10.7 Å². The van der Waals surface area contributed by atoms with Gasteiger partial charge in [0.2, 0.25) is 5.95 Å². The molecule has 1 aliphatic rings. The number of fused-ring (bicyclic) bond motifs is 1. The summed E-state index contributed by atoms with van der Waals surface area (Å²) in [5, 5.41) is 12.3. The van der Waals surface area contributed by atoms with Crippen LogP contribution in [0, 0.1) is 0 Å². The molecule has 0 bridgehead atoms. The summed E-state index contributed by atoms with van der Waals surface area (Å²) in [4.78, 5) is 43.2. The van der Waals surface area contributed by atoms with Crippen molar-refractivity contribution in [2.45, 2.75) is 0 Å². The van der Waals surface area contributed by atoms with Gasteiger partial charge in [-0.1, -0.05) is 24.3 Å². The summed E-state index contributed by atoms with van der Waals surface area (Å²) >= 11 is 0. The first kappa shape index (κ1) is 20.5. The Morgan fingerprint density at radius 2 is 1.65 bits per heavy atom. The second-order valence-electron chi connectivity index (χ2n) is 6.99. The van der Waals surface area contributed by atoms with Crippen molar-refractivity contribution in [1.82, 2.24) is 14.5 Å². The average molecular weight is 442 g/mol. The highest BCUT2D eigenvalue weighted by molar-refractivity contribution is 7.91. The van der Waals surface area contributed by atoms with Crippen molar-refractivity contribution in [3.05, 3.63) is 59.7 Å². The summed E-state index contributed by atoms with van der Waals surface area (Å²) in [7, 11) is -3.18. The van der Waals surface area contributed by atoms with Crippen LogP contribution < -0.4 is 5.32 Å². The van der Waals surface area contributed by atoms with Gasteiger partial charge in [-0.3, -0.25) is 14.9 Å². The van der Waals surface area contributed by atoms with Crippen molar-refractivity contribution in [1.29, 1.82) is 0 Å². The van der Waals surface area contributed by atoms with E-state index < -0.39 is 27.7 Å². The third-order valence-corrected chi connectivity index (χ3v) is 6.60. The SMILES string of the molecule is O=C(Nc1nc2cccc(C(=O)N3CCS(=O)(=O)CC3)c2n1C(=O)O)c1ccccc1. The van der Waals surface area contributed by atoms with Gasteiger partial charge in [-0.2, -0.15) is 0 Å². The molecule has 0 aliphatic carbocycles. The fraction of sp³-hybridized carbons (Fsp3) is 0.200. The molecule has 31 heavy (non-hydrogen) atoms. The molecule has 4 rings (SSSR count). The number of carboxylic acid groups (broad SMARTS) is 1. The molecule has 10 nitrogen and oxygen atoms in total. The smallest absolute Gasteiger partial charge is 0.418 e. The van der Waals surface area contributed by atoms with Gasteiger partial charge in [0.15, 0.2) is 9.84 Å². The minimum absolute atomic E-state index is 0.0242. The standard InChI is InChI=1S/C20H18N4O6S/c25-17(13-5-2-1-3-6-13)22-19-21-15-8-4-7-14(16(15)24(19)20(27)28)18(26)23-9-11-31(29,30)12-10-23/h1-8H,9-12H2,(H,27,28)(H,21,22,25). The number of rotatable bonds is 3. The molecule has 160 valence electrons. The summed E-state index contributed by atoms with van der Waals surface area (Å²) in [6, 6.07) is 12.8. The van der Waals surface area contributed by atoms with Gasteiger partial charge in [0.25, 0.3) is 11.8 Å². The Kier molecular flexibility index (Phi) is 5.19. The van der Waals surface area contributed by atoms with Gasteiger partial charge in [-0.15, -0.1) is 0 Å². The van der Waals surface area contributed by atoms with Crippen LogP contribution in [-0.4, -0.2) is 70.5 Å². The zero-order valence-corrected chi connectivity index (χ0v) is 17.0. The molecule has 0 spiro atoms. The summed E-state index contributed by atoms with van der Waals surface area (Å²) in [5.41, 5.74) is 0.613. The maximum absolute atomic E-state index is 13.1. The lowest BCUT2D eigenvalue weighted by molar-refractivity contribution is 0.0771. The van der Waals surface area contributed by atoms with Gasteiger partial charge < -0.3 is 10.0 Å². The number of sulfone groups is 1. The molecule has 2 N–H and O–H groups in total. The topological polar surface area (TPSA) is 139 Å². The minimum atomic E-state index is -3.18. The highest BCUT2D eigenvalue weighted by atomic mass is 32.2. The summed E-state index contributed by atoms with van der Waals surface area (Å²) in [5.74, 6) is -1.58. The van der Waals surface area contributed by atoms with E-state index in [0.717, 1.165) is 4.57 Å². The Labute approximate surface area is 177 Å². The van der Waals surface area contributed by atoms with Crippen molar-refractivity contribution >= 4 is 44.7 Å². The molecular weight excluding hydrogens is 424 g/mol. The zero-order chi connectivity index (χ0) is 22.2. The molecule has 1 saturated heterocycles. The van der Waals surface area contributed by atoms with Crippen molar-refractivity contribution in [3.8, 4) is 0 Å². The highest BCUT2D eigenvalue weighted by Crippen LogP contribution is 2.25. The first-order chi connectivity index (χ1) is 14.8. The lowest BCUT2D eigenvalue weighted by Gasteiger charge is -2.27. The van der Waals surface area contributed by atoms with Crippen molar-refractivity contribution in [2.75, 3.05) is 29.9 Å². The van der Waals surface area contributed by atoms with Crippen LogP contribution in [0.5, 0.6) is 0 Å². The molecule has 2 aromatic carbocycles. The van der Waals surface area contributed by atoms with Crippen LogP contribution in [0.25, 0.3) is 11.0 Å². The number of hydrogen-bond acceptors (Lipinski definition) is 6. The van der Waals surface area contributed by atoms with E-state index in [1.807, 2.05) is 0 Å². The molecule has 1 aliphatic heterocycles. The third kappa shape index (κ3) is 3.99. The van der Waals surface area contributed by atoms with E-state index in [2.05, 4.69) is 10.3 Å². The molecule has 0 radical (unpaired) electrons. The van der Waals surface area contributed by atoms with Gasteiger partial charge >= 0.3 is 6.09 Å². The van der Waals surface area contributed by atoms with Gasteiger partial charge in [0.1, 0.15) is 0 Å². The molecule has 1 fully saturated rings. The third-order valence-electron chi connectivity index (χ3n) is 4.99. The number of carbonyl (C=O) groups excluding carboxylic acids is 2. The van der Waals surface area contributed by atoms with Crippen LogP contribution >= 0.6 is 0 Å². The number of nitrogens with one attached hydrogen (secondary N) is 1.